The predicted molar refractivity (Wildman–Crippen MR) is 136 cm³/mol. The molecule has 1 saturated heterocycles. The maximum atomic E-state index is 13.8. The number of nitrogens with one attached hydrogen (secondary N) is 1. The van der Waals surface area contributed by atoms with Gasteiger partial charge in [0.1, 0.15) is 5.00 Å². The van der Waals surface area contributed by atoms with E-state index in [0.717, 1.165) is 53.7 Å². The van der Waals surface area contributed by atoms with Crippen molar-refractivity contribution in [2.45, 2.75) is 72.3 Å². The SMILES string of the molecule is CC1CCCCN1C(=O)c1c(NC(=O)c2ccc(Br)cc2)sc2c1CCC(C(C)(C)C)C2. The quantitative estimate of drug-likeness (QED) is 0.480. The summed E-state index contributed by atoms with van der Waals surface area (Å²) < 4.78 is 0.934. The Morgan fingerprint density at radius 2 is 1.84 bits per heavy atom. The van der Waals surface area contributed by atoms with Crippen molar-refractivity contribution >= 4 is 44.1 Å². The molecule has 2 heterocycles. The van der Waals surface area contributed by atoms with Crippen LogP contribution in [0.15, 0.2) is 28.7 Å². The van der Waals surface area contributed by atoms with Crippen LogP contribution < -0.4 is 5.32 Å². The molecule has 2 atom stereocenters. The molecule has 1 aromatic carbocycles. The topological polar surface area (TPSA) is 49.4 Å². The summed E-state index contributed by atoms with van der Waals surface area (Å²) in [7, 11) is 0. The van der Waals surface area contributed by atoms with E-state index in [1.165, 1.54) is 16.9 Å². The Hall–Kier alpha value is -1.66. The lowest BCUT2D eigenvalue weighted by Crippen LogP contribution is -2.42. The van der Waals surface area contributed by atoms with E-state index >= 15 is 0 Å². The van der Waals surface area contributed by atoms with Crippen LogP contribution in [0, 0.1) is 11.3 Å². The van der Waals surface area contributed by atoms with E-state index in [0.29, 0.717) is 11.5 Å². The van der Waals surface area contributed by atoms with Crippen LogP contribution in [-0.4, -0.2) is 29.3 Å². The normalized spacial score (nSPS) is 21.2. The average molecular weight is 518 g/mol. The molecular formula is C26H33BrN2O2S. The number of halogens is 1. The van der Waals surface area contributed by atoms with Crippen LogP contribution in [0.1, 0.15) is 84.5 Å². The fourth-order valence-corrected chi connectivity index (χ4v) is 6.54. The highest BCUT2D eigenvalue weighted by Gasteiger charge is 2.36. The highest BCUT2D eigenvalue weighted by Crippen LogP contribution is 2.45. The third-order valence-corrected chi connectivity index (χ3v) is 8.80. The molecular weight excluding hydrogens is 484 g/mol. The van der Waals surface area contributed by atoms with E-state index in [4.69, 9.17) is 0 Å². The molecule has 4 nitrogen and oxygen atoms in total. The van der Waals surface area contributed by atoms with E-state index in [1.807, 2.05) is 17.0 Å². The van der Waals surface area contributed by atoms with Crippen molar-refractivity contribution in [2.75, 3.05) is 11.9 Å². The second-order valence-corrected chi connectivity index (χ2v) is 12.3. The van der Waals surface area contributed by atoms with Gasteiger partial charge in [0.2, 0.25) is 0 Å². The van der Waals surface area contributed by atoms with Crippen molar-refractivity contribution in [3.63, 3.8) is 0 Å². The molecule has 0 saturated carbocycles. The minimum atomic E-state index is -0.163. The summed E-state index contributed by atoms with van der Waals surface area (Å²) in [5.74, 6) is 0.514. The first kappa shape index (κ1) is 23.5. The highest BCUT2D eigenvalue weighted by atomic mass is 79.9. The number of thiophene rings is 1. The zero-order valence-corrected chi connectivity index (χ0v) is 21.9. The van der Waals surface area contributed by atoms with Crippen LogP contribution in [0.3, 0.4) is 0 Å². The summed E-state index contributed by atoms with van der Waals surface area (Å²) in [6, 6.07) is 7.58. The number of carbonyl (C=O) groups is 2. The number of anilines is 1. The van der Waals surface area contributed by atoms with Crippen LogP contribution in [0.5, 0.6) is 0 Å². The standard InChI is InChI=1S/C26H33BrN2O2S/c1-16-7-5-6-14-29(16)25(31)22-20-13-10-18(26(2,3)4)15-21(20)32-24(22)28-23(30)17-8-11-19(27)12-9-17/h8-9,11-12,16,18H,5-7,10,13-15H2,1-4H3,(H,28,30). The van der Waals surface area contributed by atoms with Crippen molar-refractivity contribution < 1.29 is 9.59 Å². The van der Waals surface area contributed by atoms with Crippen LogP contribution in [0.4, 0.5) is 5.00 Å². The molecule has 32 heavy (non-hydrogen) atoms. The largest absolute Gasteiger partial charge is 0.336 e. The number of carbonyl (C=O) groups excluding carboxylic acids is 2. The first-order valence-electron chi connectivity index (χ1n) is 11.7. The number of hydrogen-bond acceptors (Lipinski definition) is 3. The number of amides is 2. The first-order chi connectivity index (χ1) is 15.1. The van der Waals surface area contributed by atoms with Crippen molar-refractivity contribution in [1.82, 2.24) is 4.90 Å². The fourth-order valence-electron chi connectivity index (χ4n) is 4.96. The molecule has 1 N–H and O–H groups in total. The third kappa shape index (κ3) is 4.81. The van der Waals surface area contributed by atoms with Gasteiger partial charge in [-0.15, -0.1) is 11.3 Å². The Morgan fingerprint density at radius 3 is 2.50 bits per heavy atom. The first-order valence-corrected chi connectivity index (χ1v) is 13.3. The molecule has 0 spiro atoms. The molecule has 4 rings (SSSR count). The van der Waals surface area contributed by atoms with Crippen LogP contribution in [0.2, 0.25) is 0 Å². The third-order valence-electron chi connectivity index (χ3n) is 7.10. The van der Waals surface area contributed by atoms with Crippen molar-refractivity contribution in [3.8, 4) is 0 Å². The molecule has 0 radical (unpaired) electrons. The molecule has 2 aromatic rings. The lowest BCUT2D eigenvalue weighted by atomic mass is 9.72. The Bertz CT molecular complexity index is 1010. The Morgan fingerprint density at radius 1 is 1.12 bits per heavy atom. The lowest BCUT2D eigenvalue weighted by molar-refractivity contribution is 0.0635. The number of hydrogen-bond donors (Lipinski definition) is 1. The van der Waals surface area contributed by atoms with E-state index in [-0.39, 0.29) is 23.3 Å². The second kappa shape index (κ2) is 9.30. The predicted octanol–water partition coefficient (Wildman–Crippen LogP) is 6.93. The Kier molecular flexibility index (Phi) is 6.83. The van der Waals surface area contributed by atoms with Crippen molar-refractivity contribution in [2.24, 2.45) is 11.3 Å². The van der Waals surface area contributed by atoms with Gasteiger partial charge in [-0.2, -0.15) is 0 Å². The maximum absolute atomic E-state index is 13.8. The summed E-state index contributed by atoms with van der Waals surface area (Å²) in [6.07, 6.45) is 6.24. The number of fused-ring (bicyclic) bond motifs is 1. The van der Waals surface area contributed by atoms with E-state index in [9.17, 15) is 9.59 Å². The van der Waals surface area contributed by atoms with Crippen LogP contribution >= 0.6 is 27.3 Å². The smallest absolute Gasteiger partial charge is 0.257 e. The average Bonchev–Trinajstić information content (AvgIpc) is 3.10. The monoisotopic (exact) mass is 516 g/mol. The van der Waals surface area contributed by atoms with Crippen molar-refractivity contribution in [3.05, 3.63) is 50.3 Å². The van der Waals surface area contributed by atoms with Gasteiger partial charge >= 0.3 is 0 Å². The van der Waals surface area contributed by atoms with Gasteiger partial charge in [0.25, 0.3) is 11.8 Å². The van der Waals surface area contributed by atoms with Gasteiger partial charge in [-0.25, -0.2) is 0 Å². The van der Waals surface area contributed by atoms with E-state index in [2.05, 4.69) is 48.9 Å². The molecule has 0 bridgehead atoms. The number of rotatable bonds is 3. The molecule has 1 aromatic heterocycles. The fraction of sp³-hybridized carbons (Fsp3) is 0.538. The van der Waals surface area contributed by atoms with Gasteiger partial charge in [-0.1, -0.05) is 36.7 Å². The lowest BCUT2D eigenvalue weighted by Gasteiger charge is -2.35. The zero-order valence-electron chi connectivity index (χ0n) is 19.5. The molecule has 2 amide bonds. The van der Waals surface area contributed by atoms with Gasteiger partial charge < -0.3 is 10.2 Å². The summed E-state index contributed by atoms with van der Waals surface area (Å²) in [6.45, 7) is 9.84. The minimum Gasteiger partial charge on any atom is -0.336 e. The summed E-state index contributed by atoms with van der Waals surface area (Å²) in [4.78, 5) is 30.1. The van der Waals surface area contributed by atoms with Crippen LogP contribution in [-0.2, 0) is 12.8 Å². The molecule has 1 fully saturated rings. The summed E-state index contributed by atoms with van der Waals surface area (Å²) in [5, 5.41) is 3.83. The van der Waals surface area contributed by atoms with E-state index in [1.54, 1.807) is 23.5 Å². The zero-order chi connectivity index (χ0) is 23.0. The van der Waals surface area contributed by atoms with Gasteiger partial charge in [0.05, 0.1) is 5.56 Å². The Balaban J connectivity index is 1.69. The van der Waals surface area contributed by atoms with Gasteiger partial charge in [-0.05, 0) is 86.6 Å². The molecule has 172 valence electrons. The number of piperidine rings is 1. The number of benzene rings is 1. The summed E-state index contributed by atoms with van der Waals surface area (Å²) >= 11 is 5.03. The van der Waals surface area contributed by atoms with E-state index < -0.39 is 0 Å². The molecule has 2 unspecified atom stereocenters. The minimum absolute atomic E-state index is 0.0926. The highest BCUT2D eigenvalue weighted by molar-refractivity contribution is 9.10. The van der Waals surface area contributed by atoms with Gasteiger partial charge in [-0.3, -0.25) is 9.59 Å². The van der Waals surface area contributed by atoms with Crippen LogP contribution in [0.25, 0.3) is 0 Å². The van der Waals surface area contributed by atoms with Gasteiger partial charge in [0.15, 0.2) is 0 Å². The second-order valence-electron chi connectivity index (χ2n) is 10.3. The number of nitrogens with zero attached hydrogens (tertiary/aromatic N) is 1. The summed E-state index contributed by atoms with van der Waals surface area (Å²) in [5.41, 5.74) is 2.74. The molecule has 1 aliphatic heterocycles. The molecule has 2 aliphatic rings. The molecule has 6 heteroatoms. The number of likely N-dealkylation sites (tertiary alicyclic amines) is 1. The maximum Gasteiger partial charge on any atom is 0.257 e. The molecule has 1 aliphatic carbocycles. The Labute approximate surface area is 203 Å². The van der Waals surface area contributed by atoms with Crippen molar-refractivity contribution in [1.29, 1.82) is 0 Å². The van der Waals surface area contributed by atoms with Gasteiger partial charge in [0, 0.05) is 27.5 Å².